The summed E-state index contributed by atoms with van der Waals surface area (Å²) in [7, 11) is 1.74. The molecule has 1 N–H and O–H groups in total. The van der Waals surface area contributed by atoms with Gasteiger partial charge in [0.1, 0.15) is 17.5 Å². The minimum atomic E-state index is -0.555. The molecule has 1 fully saturated rings. The number of pyridine rings is 1. The van der Waals surface area contributed by atoms with Crippen molar-refractivity contribution in [2.75, 3.05) is 44.7 Å². The molecule has 1 aliphatic rings. The van der Waals surface area contributed by atoms with Crippen LogP contribution >= 0.6 is 0 Å². The van der Waals surface area contributed by atoms with Gasteiger partial charge in [-0.05, 0) is 30.2 Å². The van der Waals surface area contributed by atoms with Crippen molar-refractivity contribution < 1.29 is 8.78 Å². The van der Waals surface area contributed by atoms with E-state index in [-0.39, 0.29) is 0 Å². The van der Waals surface area contributed by atoms with Crippen molar-refractivity contribution in [3.63, 3.8) is 0 Å². The fraction of sp³-hybridized carbons (Fsp3) is 0.368. The molecule has 7 heteroatoms. The third kappa shape index (κ3) is 4.47. The largest absolute Gasteiger partial charge is 0.356 e. The molecular formula is C19H23F2N5. The number of benzene rings is 1. The van der Waals surface area contributed by atoms with E-state index in [0.29, 0.717) is 18.5 Å². The van der Waals surface area contributed by atoms with Gasteiger partial charge in [0, 0.05) is 52.0 Å². The average Bonchev–Trinajstić information content (AvgIpc) is 2.68. The lowest BCUT2D eigenvalue weighted by Gasteiger charge is -2.37. The van der Waals surface area contributed by atoms with Crippen molar-refractivity contribution in [1.82, 2.24) is 15.2 Å². The maximum atomic E-state index is 13.7. The number of hydrogen-bond donors (Lipinski definition) is 1. The maximum absolute atomic E-state index is 13.7. The Balaban J connectivity index is 1.49. The molecule has 5 nitrogen and oxygen atoms in total. The second-order valence-corrected chi connectivity index (χ2v) is 6.12. The van der Waals surface area contributed by atoms with Crippen molar-refractivity contribution >= 4 is 11.8 Å². The zero-order valence-electron chi connectivity index (χ0n) is 14.8. The Morgan fingerprint density at radius 1 is 1.15 bits per heavy atom. The van der Waals surface area contributed by atoms with Gasteiger partial charge >= 0.3 is 0 Å². The highest BCUT2D eigenvalue weighted by atomic mass is 19.1. The molecular weight excluding hydrogens is 336 g/mol. The third-order valence-electron chi connectivity index (χ3n) is 4.46. The summed E-state index contributed by atoms with van der Waals surface area (Å²) in [4.78, 5) is 13.1. The van der Waals surface area contributed by atoms with Gasteiger partial charge in [-0.2, -0.15) is 0 Å². The van der Waals surface area contributed by atoms with Crippen LogP contribution in [-0.4, -0.2) is 55.6 Å². The number of rotatable bonds is 4. The molecule has 0 saturated carbocycles. The van der Waals surface area contributed by atoms with E-state index in [1.165, 1.54) is 12.1 Å². The summed E-state index contributed by atoms with van der Waals surface area (Å²) in [5.74, 6) is 0.724. The Labute approximate surface area is 152 Å². The molecule has 26 heavy (non-hydrogen) atoms. The predicted molar refractivity (Wildman–Crippen MR) is 99.4 cm³/mol. The second-order valence-electron chi connectivity index (χ2n) is 6.12. The van der Waals surface area contributed by atoms with Crippen molar-refractivity contribution in [2.24, 2.45) is 4.99 Å². The minimum absolute atomic E-state index is 0.471. The Bertz CT molecular complexity index is 743. The fourth-order valence-electron chi connectivity index (χ4n) is 3.05. The summed E-state index contributed by atoms with van der Waals surface area (Å²) in [6, 6.07) is 9.60. The number of aliphatic imine (C=N–C) groups is 1. The van der Waals surface area contributed by atoms with Gasteiger partial charge in [0.05, 0.1) is 0 Å². The van der Waals surface area contributed by atoms with E-state index in [1.807, 2.05) is 18.2 Å². The van der Waals surface area contributed by atoms with Crippen LogP contribution in [0.4, 0.5) is 14.6 Å². The average molecular weight is 359 g/mol. The molecule has 0 atom stereocenters. The number of halogens is 2. The zero-order valence-corrected chi connectivity index (χ0v) is 14.8. The number of piperazine rings is 1. The lowest BCUT2D eigenvalue weighted by Crippen LogP contribution is -2.53. The first-order valence-corrected chi connectivity index (χ1v) is 8.73. The first-order chi connectivity index (χ1) is 12.7. The monoisotopic (exact) mass is 359 g/mol. The molecule has 0 spiro atoms. The van der Waals surface area contributed by atoms with E-state index >= 15 is 0 Å². The molecule has 0 amide bonds. The van der Waals surface area contributed by atoms with Crippen LogP contribution in [0.25, 0.3) is 0 Å². The maximum Gasteiger partial charge on any atom is 0.193 e. The summed E-state index contributed by atoms with van der Waals surface area (Å²) in [6.45, 7) is 3.94. The molecule has 1 aromatic heterocycles. The molecule has 0 bridgehead atoms. The van der Waals surface area contributed by atoms with Crippen LogP contribution in [0.2, 0.25) is 0 Å². The van der Waals surface area contributed by atoms with Gasteiger partial charge in [0.15, 0.2) is 5.96 Å². The van der Waals surface area contributed by atoms with E-state index in [0.717, 1.165) is 44.0 Å². The zero-order chi connectivity index (χ0) is 18.4. The Morgan fingerprint density at radius 3 is 2.62 bits per heavy atom. The number of nitrogens with zero attached hydrogens (tertiary/aromatic N) is 4. The molecule has 0 aliphatic carbocycles. The lowest BCUT2D eigenvalue weighted by atomic mass is 10.1. The van der Waals surface area contributed by atoms with Crippen LogP contribution in [0.1, 0.15) is 5.56 Å². The molecule has 2 heterocycles. The Morgan fingerprint density at radius 2 is 1.96 bits per heavy atom. The number of guanidine groups is 1. The summed E-state index contributed by atoms with van der Waals surface area (Å²) in [5, 5.41) is 3.27. The van der Waals surface area contributed by atoms with Gasteiger partial charge < -0.3 is 15.1 Å². The van der Waals surface area contributed by atoms with Crippen LogP contribution < -0.4 is 10.2 Å². The molecule has 0 unspecified atom stereocenters. The van der Waals surface area contributed by atoms with E-state index in [1.54, 1.807) is 13.2 Å². The van der Waals surface area contributed by atoms with Gasteiger partial charge in [0.2, 0.25) is 0 Å². The number of nitrogens with one attached hydrogen (secondary N) is 1. The molecule has 1 aliphatic heterocycles. The highest BCUT2D eigenvalue weighted by Crippen LogP contribution is 2.13. The van der Waals surface area contributed by atoms with Crippen molar-refractivity contribution in [3.8, 4) is 0 Å². The SMILES string of the molecule is CN=C(NCCc1ccc(F)cc1F)N1CCN(c2ccccn2)CC1. The van der Waals surface area contributed by atoms with E-state index in [2.05, 4.69) is 25.1 Å². The summed E-state index contributed by atoms with van der Waals surface area (Å²) in [6.07, 6.45) is 2.27. The number of hydrogen-bond acceptors (Lipinski definition) is 3. The van der Waals surface area contributed by atoms with Crippen LogP contribution in [0.15, 0.2) is 47.6 Å². The molecule has 2 aromatic rings. The van der Waals surface area contributed by atoms with Crippen LogP contribution in [0.5, 0.6) is 0 Å². The summed E-state index contributed by atoms with van der Waals surface area (Å²) >= 11 is 0. The third-order valence-corrected chi connectivity index (χ3v) is 4.46. The highest BCUT2D eigenvalue weighted by Gasteiger charge is 2.20. The second kappa shape index (κ2) is 8.60. The van der Waals surface area contributed by atoms with Crippen molar-refractivity contribution in [3.05, 3.63) is 59.8 Å². The molecule has 3 rings (SSSR count). The Kier molecular flexibility index (Phi) is 5.99. The molecule has 1 saturated heterocycles. The highest BCUT2D eigenvalue weighted by molar-refractivity contribution is 5.80. The first-order valence-electron chi connectivity index (χ1n) is 8.73. The molecule has 0 radical (unpaired) electrons. The lowest BCUT2D eigenvalue weighted by molar-refractivity contribution is 0.371. The number of aromatic nitrogens is 1. The smallest absolute Gasteiger partial charge is 0.193 e. The normalized spacial score (nSPS) is 15.3. The van der Waals surface area contributed by atoms with E-state index in [4.69, 9.17) is 0 Å². The Hall–Kier alpha value is -2.70. The number of anilines is 1. The van der Waals surface area contributed by atoms with E-state index < -0.39 is 11.6 Å². The summed E-state index contributed by atoms with van der Waals surface area (Å²) < 4.78 is 26.7. The van der Waals surface area contributed by atoms with Crippen LogP contribution in [0.3, 0.4) is 0 Å². The van der Waals surface area contributed by atoms with Crippen LogP contribution in [0, 0.1) is 11.6 Å². The van der Waals surface area contributed by atoms with Crippen molar-refractivity contribution in [2.45, 2.75) is 6.42 Å². The van der Waals surface area contributed by atoms with Gasteiger partial charge in [-0.1, -0.05) is 12.1 Å². The van der Waals surface area contributed by atoms with E-state index in [9.17, 15) is 8.78 Å². The molecule has 138 valence electrons. The predicted octanol–water partition coefficient (Wildman–Crippen LogP) is 2.30. The topological polar surface area (TPSA) is 43.8 Å². The van der Waals surface area contributed by atoms with Gasteiger partial charge in [0.25, 0.3) is 0 Å². The quantitative estimate of drug-likeness (QED) is 0.672. The standard InChI is InChI=1S/C19H23F2N5/c1-22-19(24-9-7-15-5-6-16(20)14-17(15)21)26-12-10-25(11-13-26)18-4-2-3-8-23-18/h2-6,8,14H,7,9-13H2,1H3,(H,22,24). The molecule has 1 aromatic carbocycles. The fourth-order valence-corrected chi connectivity index (χ4v) is 3.05. The minimum Gasteiger partial charge on any atom is -0.356 e. The van der Waals surface area contributed by atoms with Crippen LogP contribution in [-0.2, 0) is 6.42 Å². The van der Waals surface area contributed by atoms with Gasteiger partial charge in [-0.25, -0.2) is 13.8 Å². The first kappa shape index (κ1) is 18.1. The van der Waals surface area contributed by atoms with Gasteiger partial charge in [-0.15, -0.1) is 0 Å². The van der Waals surface area contributed by atoms with Crippen molar-refractivity contribution in [1.29, 1.82) is 0 Å². The van der Waals surface area contributed by atoms with Gasteiger partial charge in [-0.3, -0.25) is 4.99 Å². The summed E-state index contributed by atoms with van der Waals surface area (Å²) in [5.41, 5.74) is 0.495.